The molecule has 1 aromatic heterocycles. The maximum Gasteiger partial charge on any atom is 0.258 e. The predicted octanol–water partition coefficient (Wildman–Crippen LogP) is 3.61. The summed E-state index contributed by atoms with van der Waals surface area (Å²) in [6, 6.07) is 5.71. The molecule has 1 N–H and O–H groups in total. The molecule has 2 aliphatic heterocycles. The summed E-state index contributed by atoms with van der Waals surface area (Å²) < 4.78 is 5.64. The Labute approximate surface area is 157 Å². The van der Waals surface area contributed by atoms with Crippen LogP contribution in [0.4, 0.5) is 5.69 Å². The molecule has 0 saturated carbocycles. The van der Waals surface area contributed by atoms with Gasteiger partial charge in [-0.15, -0.1) is 0 Å². The van der Waals surface area contributed by atoms with Gasteiger partial charge < -0.3 is 9.64 Å². The molecule has 0 spiro atoms. The highest BCUT2D eigenvalue weighted by Crippen LogP contribution is 2.40. The van der Waals surface area contributed by atoms with Crippen LogP contribution in [0.2, 0.25) is 5.02 Å². The van der Waals surface area contributed by atoms with Crippen molar-refractivity contribution in [2.24, 2.45) is 0 Å². The van der Waals surface area contributed by atoms with Gasteiger partial charge in [-0.05, 0) is 54.2 Å². The molecule has 0 radical (unpaired) electrons. The monoisotopic (exact) mass is 369 g/mol. The number of hydrogen-bond donors (Lipinski definition) is 1. The van der Waals surface area contributed by atoms with Crippen molar-refractivity contribution in [3.05, 3.63) is 57.9 Å². The number of fused-ring (bicyclic) bond motifs is 2. The first-order valence-corrected chi connectivity index (χ1v) is 9.52. The van der Waals surface area contributed by atoms with Gasteiger partial charge in [0.15, 0.2) is 0 Å². The topological polar surface area (TPSA) is 57.8 Å². The Balaban J connectivity index is 1.43. The van der Waals surface area contributed by atoms with Gasteiger partial charge in [-0.3, -0.25) is 15.1 Å². The molecule has 6 heteroatoms. The average molecular weight is 370 g/mol. The summed E-state index contributed by atoms with van der Waals surface area (Å²) in [5.41, 5.74) is 5.04. The molecule has 1 fully saturated rings. The van der Waals surface area contributed by atoms with Crippen molar-refractivity contribution in [1.29, 1.82) is 0 Å². The number of rotatable bonds is 4. The summed E-state index contributed by atoms with van der Waals surface area (Å²) in [6.45, 7) is 2.69. The zero-order chi connectivity index (χ0) is 17.8. The zero-order valence-electron chi connectivity index (χ0n) is 14.5. The van der Waals surface area contributed by atoms with Gasteiger partial charge in [0.25, 0.3) is 5.91 Å². The number of halogens is 1. The maximum absolute atomic E-state index is 12.9. The van der Waals surface area contributed by atoms with E-state index in [-0.39, 0.29) is 18.2 Å². The van der Waals surface area contributed by atoms with Gasteiger partial charge in [0, 0.05) is 22.8 Å². The third-order valence-electron chi connectivity index (χ3n) is 5.64. The van der Waals surface area contributed by atoms with E-state index in [1.807, 2.05) is 29.4 Å². The van der Waals surface area contributed by atoms with E-state index in [1.54, 1.807) is 6.07 Å². The second kappa shape index (κ2) is 6.05. The standard InChI is InChI=1S/C20H20ClN3O2/c1-2-18-19(26-18)23-16-6-5-14-15(16)8-22-9-17(14)24-10-11-7-12(21)3-4-13(11)20(24)25/h3-4,7-9,16,18-19,23H,2,5-6,10H2,1H3/t16-,18?,19?/m1/s1. The molecule has 1 aromatic carbocycles. The predicted molar refractivity (Wildman–Crippen MR) is 99.4 cm³/mol. The zero-order valence-corrected chi connectivity index (χ0v) is 15.3. The molecule has 1 saturated heterocycles. The van der Waals surface area contributed by atoms with Gasteiger partial charge in [-0.2, -0.15) is 0 Å². The Morgan fingerprint density at radius 1 is 1.38 bits per heavy atom. The number of benzene rings is 1. The van der Waals surface area contributed by atoms with E-state index in [9.17, 15) is 4.79 Å². The Morgan fingerprint density at radius 3 is 3.08 bits per heavy atom. The number of nitrogens with zero attached hydrogens (tertiary/aromatic N) is 2. The second-order valence-corrected chi connectivity index (χ2v) is 7.62. The van der Waals surface area contributed by atoms with Crippen LogP contribution in [-0.4, -0.2) is 23.2 Å². The third kappa shape index (κ3) is 2.54. The van der Waals surface area contributed by atoms with Gasteiger partial charge >= 0.3 is 0 Å². The van der Waals surface area contributed by atoms with Gasteiger partial charge in [-0.1, -0.05) is 18.5 Å². The van der Waals surface area contributed by atoms with Crippen LogP contribution in [0.15, 0.2) is 30.6 Å². The van der Waals surface area contributed by atoms with Crippen LogP contribution in [0.5, 0.6) is 0 Å². The van der Waals surface area contributed by atoms with Crippen molar-refractivity contribution in [3.63, 3.8) is 0 Å². The summed E-state index contributed by atoms with van der Waals surface area (Å²) in [6.07, 6.45) is 7.19. The van der Waals surface area contributed by atoms with Crippen LogP contribution >= 0.6 is 11.6 Å². The fraction of sp³-hybridized carbons (Fsp3) is 0.400. The number of amides is 1. The van der Waals surface area contributed by atoms with E-state index < -0.39 is 0 Å². The molecule has 3 aliphatic rings. The number of hydrogen-bond acceptors (Lipinski definition) is 4. The molecule has 5 nitrogen and oxygen atoms in total. The molecule has 0 bridgehead atoms. The summed E-state index contributed by atoms with van der Waals surface area (Å²) in [5.74, 6) is 0.0276. The number of pyridine rings is 1. The van der Waals surface area contributed by atoms with Crippen LogP contribution in [0.25, 0.3) is 0 Å². The highest BCUT2D eigenvalue weighted by atomic mass is 35.5. The third-order valence-corrected chi connectivity index (χ3v) is 5.87. The van der Waals surface area contributed by atoms with Crippen molar-refractivity contribution >= 4 is 23.2 Å². The van der Waals surface area contributed by atoms with Crippen LogP contribution in [-0.2, 0) is 17.7 Å². The number of aromatic nitrogens is 1. The van der Waals surface area contributed by atoms with E-state index in [0.717, 1.165) is 36.1 Å². The van der Waals surface area contributed by atoms with Gasteiger partial charge in [-0.25, -0.2) is 0 Å². The van der Waals surface area contributed by atoms with E-state index in [4.69, 9.17) is 16.3 Å². The Hall–Kier alpha value is -1.95. The minimum atomic E-state index is 0.0276. The van der Waals surface area contributed by atoms with Crippen molar-refractivity contribution in [2.45, 2.75) is 51.1 Å². The molecule has 2 aromatic rings. The van der Waals surface area contributed by atoms with Gasteiger partial charge in [0.1, 0.15) is 6.23 Å². The van der Waals surface area contributed by atoms with E-state index in [2.05, 4.69) is 17.2 Å². The average Bonchev–Trinajstić information content (AvgIpc) is 3.15. The summed E-state index contributed by atoms with van der Waals surface area (Å²) in [5, 5.41) is 4.24. The SMILES string of the molecule is CCC1OC1N[C@@H]1CCc2c1cncc2N1Cc2cc(Cl)ccc2C1=O. The summed E-state index contributed by atoms with van der Waals surface area (Å²) in [7, 11) is 0. The number of anilines is 1. The number of epoxide rings is 1. The van der Waals surface area contributed by atoms with Gasteiger partial charge in [0.05, 0.1) is 24.5 Å². The summed E-state index contributed by atoms with van der Waals surface area (Å²) in [4.78, 5) is 19.1. The lowest BCUT2D eigenvalue weighted by Crippen LogP contribution is -2.26. The fourth-order valence-corrected chi connectivity index (χ4v) is 4.39. The molecule has 5 rings (SSSR count). The molecular formula is C20H20ClN3O2. The van der Waals surface area contributed by atoms with Crippen LogP contribution in [0.1, 0.15) is 52.9 Å². The first-order valence-electron chi connectivity index (χ1n) is 9.14. The summed E-state index contributed by atoms with van der Waals surface area (Å²) >= 11 is 6.09. The number of ether oxygens (including phenoxy) is 1. The smallest absolute Gasteiger partial charge is 0.258 e. The molecule has 134 valence electrons. The quantitative estimate of drug-likeness (QED) is 0.836. The molecule has 26 heavy (non-hydrogen) atoms. The first-order chi connectivity index (χ1) is 12.7. The van der Waals surface area contributed by atoms with Gasteiger partial charge in [0.2, 0.25) is 0 Å². The number of nitrogens with one attached hydrogen (secondary N) is 1. The minimum absolute atomic E-state index is 0.0276. The van der Waals surface area contributed by atoms with E-state index in [1.165, 1.54) is 11.1 Å². The normalized spacial score (nSPS) is 26.2. The van der Waals surface area contributed by atoms with Crippen molar-refractivity contribution in [3.8, 4) is 0 Å². The lowest BCUT2D eigenvalue weighted by atomic mass is 10.1. The highest BCUT2D eigenvalue weighted by Gasteiger charge is 2.41. The Kier molecular flexibility index (Phi) is 3.78. The van der Waals surface area contributed by atoms with E-state index in [0.29, 0.717) is 17.7 Å². The lowest BCUT2D eigenvalue weighted by Gasteiger charge is -2.20. The van der Waals surface area contributed by atoms with Crippen molar-refractivity contribution in [2.75, 3.05) is 4.90 Å². The molecule has 2 unspecified atom stereocenters. The molecular weight excluding hydrogens is 350 g/mol. The number of carbonyl (C=O) groups excluding carboxylic acids is 1. The van der Waals surface area contributed by atoms with Crippen molar-refractivity contribution < 1.29 is 9.53 Å². The largest absolute Gasteiger partial charge is 0.353 e. The maximum atomic E-state index is 12.9. The Morgan fingerprint density at radius 2 is 2.27 bits per heavy atom. The molecule has 3 heterocycles. The first kappa shape index (κ1) is 16.2. The molecule has 3 atom stereocenters. The van der Waals surface area contributed by atoms with Crippen LogP contribution in [0, 0.1) is 0 Å². The lowest BCUT2D eigenvalue weighted by molar-refractivity contribution is 0.0996. The highest BCUT2D eigenvalue weighted by molar-refractivity contribution is 6.31. The fourth-order valence-electron chi connectivity index (χ4n) is 4.20. The molecule has 1 aliphatic carbocycles. The van der Waals surface area contributed by atoms with Crippen LogP contribution in [0.3, 0.4) is 0 Å². The number of carbonyl (C=O) groups is 1. The molecule has 1 amide bonds. The Bertz CT molecular complexity index is 901. The van der Waals surface area contributed by atoms with E-state index >= 15 is 0 Å². The van der Waals surface area contributed by atoms with Crippen molar-refractivity contribution in [1.82, 2.24) is 10.3 Å². The second-order valence-electron chi connectivity index (χ2n) is 7.18. The minimum Gasteiger partial charge on any atom is -0.353 e. The van der Waals surface area contributed by atoms with Crippen LogP contribution < -0.4 is 10.2 Å².